The van der Waals surface area contributed by atoms with Gasteiger partial charge in [-0.15, -0.1) is 0 Å². The molecule has 0 saturated heterocycles. The van der Waals surface area contributed by atoms with Gasteiger partial charge in [-0.05, 0) is 18.6 Å². The van der Waals surface area contributed by atoms with E-state index >= 15 is 0 Å². The Morgan fingerprint density at radius 3 is 3.00 bits per heavy atom. The minimum Gasteiger partial charge on any atom is -0.493 e. The number of carbonyl (C=O) groups excluding carboxylic acids is 1. The van der Waals surface area contributed by atoms with Gasteiger partial charge in [0.25, 0.3) is 0 Å². The van der Waals surface area contributed by atoms with Crippen molar-refractivity contribution in [2.24, 2.45) is 0 Å². The predicted octanol–water partition coefficient (Wildman–Crippen LogP) is 1.72. The van der Waals surface area contributed by atoms with E-state index in [2.05, 4.69) is 4.74 Å². The minimum atomic E-state index is -0.305. The molecule has 0 amide bonds. The van der Waals surface area contributed by atoms with Gasteiger partial charge in [-0.25, -0.2) is 4.79 Å². The number of hydrogen-bond acceptors (Lipinski definition) is 3. The Hall–Kier alpha value is -1.51. The fraction of sp³-hybridized carbons (Fsp3) is 0.364. The summed E-state index contributed by atoms with van der Waals surface area (Å²) in [5.41, 5.74) is 2.65. The molecule has 14 heavy (non-hydrogen) atoms. The molecule has 1 aliphatic heterocycles. The summed E-state index contributed by atoms with van der Waals surface area (Å²) < 4.78 is 10.1. The molecule has 3 nitrogen and oxygen atoms in total. The Labute approximate surface area is 82.6 Å². The van der Waals surface area contributed by atoms with E-state index < -0.39 is 0 Å². The van der Waals surface area contributed by atoms with Crippen LogP contribution in [0, 0.1) is 6.92 Å². The fourth-order valence-corrected chi connectivity index (χ4v) is 1.74. The van der Waals surface area contributed by atoms with Crippen LogP contribution < -0.4 is 4.74 Å². The summed E-state index contributed by atoms with van der Waals surface area (Å²) in [4.78, 5) is 11.4. The normalized spacial score (nSPS) is 13.3. The van der Waals surface area contributed by atoms with Crippen LogP contribution in [0.1, 0.15) is 21.5 Å². The quantitative estimate of drug-likeness (QED) is 0.635. The summed E-state index contributed by atoms with van der Waals surface area (Å²) in [6.07, 6.45) is 0.928. The summed E-state index contributed by atoms with van der Waals surface area (Å²) >= 11 is 0. The van der Waals surface area contributed by atoms with Crippen molar-refractivity contribution < 1.29 is 14.3 Å². The van der Waals surface area contributed by atoms with Gasteiger partial charge in [-0.3, -0.25) is 0 Å². The summed E-state index contributed by atoms with van der Waals surface area (Å²) in [6, 6.07) is 3.73. The maximum Gasteiger partial charge on any atom is 0.338 e. The molecule has 0 saturated carbocycles. The lowest BCUT2D eigenvalue weighted by molar-refractivity contribution is 0.0599. The van der Waals surface area contributed by atoms with Gasteiger partial charge in [0.15, 0.2) is 0 Å². The number of fused-ring (bicyclic) bond motifs is 1. The molecule has 0 N–H and O–H groups in total. The first kappa shape index (κ1) is 9.06. The third kappa shape index (κ3) is 1.25. The van der Waals surface area contributed by atoms with Crippen molar-refractivity contribution in [1.29, 1.82) is 0 Å². The highest BCUT2D eigenvalue weighted by molar-refractivity contribution is 5.92. The summed E-state index contributed by atoms with van der Waals surface area (Å²) in [7, 11) is 1.38. The van der Waals surface area contributed by atoms with E-state index in [0.29, 0.717) is 12.2 Å². The fourth-order valence-electron chi connectivity index (χ4n) is 1.74. The monoisotopic (exact) mass is 192 g/mol. The maximum atomic E-state index is 11.4. The second-order valence-corrected chi connectivity index (χ2v) is 3.32. The van der Waals surface area contributed by atoms with Crippen LogP contribution in [0.4, 0.5) is 0 Å². The Morgan fingerprint density at radius 2 is 2.29 bits per heavy atom. The predicted molar refractivity (Wildman–Crippen MR) is 51.7 cm³/mol. The number of hydrogen-bond donors (Lipinski definition) is 0. The molecule has 0 fully saturated rings. The molecule has 1 aromatic carbocycles. The molecular formula is C11H12O3. The first-order chi connectivity index (χ1) is 6.74. The number of methoxy groups -OCH3 is 1. The van der Waals surface area contributed by atoms with Crippen molar-refractivity contribution in [3.05, 3.63) is 28.8 Å². The van der Waals surface area contributed by atoms with Gasteiger partial charge in [-0.2, -0.15) is 0 Å². The number of carbonyl (C=O) groups is 1. The average Bonchev–Trinajstić information content (AvgIpc) is 2.66. The smallest absolute Gasteiger partial charge is 0.338 e. The van der Waals surface area contributed by atoms with Crippen LogP contribution in [0.5, 0.6) is 5.75 Å². The van der Waals surface area contributed by atoms with Crippen LogP contribution in [0.2, 0.25) is 0 Å². The Bertz CT molecular complexity index is 382. The van der Waals surface area contributed by atoms with Crippen LogP contribution in [0.25, 0.3) is 0 Å². The zero-order chi connectivity index (χ0) is 10.1. The van der Waals surface area contributed by atoms with Gasteiger partial charge >= 0.3 is 5.97 Å². The van der Waals surface area contributed by atoms with Crippen LogP contribution >= 0.6 is 0 Å². The molecule has 3 heteroatoms. The van der Waals surface area contributed by atoms with Crippen molar-refractivity contribution in [2.75, 3.05) is 13.7 Å². The molecule has 0 bridgehead atoms. The molecule has 0 aliphatic carbocycles. The third-order valence-electron chi connectivity index (χ3n) is 2.51. The molecule has 1 heterocycles. The Balaban J connectivity index is 2.50. The molecule has 0 radical (unpaired) electrons. The van der Waals surface area contributed by atoms with E-state index in [1.165, 1.54) is 12.7 Å². The van der Waals surface area contributed by atoms with Gasteiger partial charge in [0.2, 0.25) is 0 Å². The van der Waals surface area contributed by atoms with Gasteiger partial charge in [0.05, 0.1) is 19.3 Å². The molecule has 74 valence electrons. The van der Waals surface area contributed by atoms with E-state index in [-0.39, 0.29) is 5.97 Å². The van der Waals surface area contributed by atoms with E-state index in [1.54, 1.807) is 6.07 Å². The lowest BCUT2D eigenvalue weighted by Crippen LogP contribution is -2.04. The Kier molecular flexibility index (Phi) is 2.15. The SMILES string of the molecule is COC(=O)c1ccc2c(c1C)OCC2. The minimum absolute atomic E-state index is 0.305. The maximum absolute atomic E-state index is 11.4. The lowest BCUT2D eigenvalue weighted by atomic mass is 10.0. The number of benzene rings is 1. The Morgan fingerprint density at radius 1 is 1.50 bits per heavy atom. The topological polar surface area (TPSA) is 35.5 Å². The molecule has 2 rings (SSSR count). The van der Waals surface area contributed by atoms with E-state index in [9.17, 15) is 4.79 Å². The van der Waals surface area contributed by atoms with Crippen LogP contribution in [-0.4, -0.2) is 19.7 Å². The first-order valence-corrected chi connectivity index (χ1v) is 4.57. The van der Waals surface area contributed by atoms with E-state index in [4.69, 9.17) is 4.74 Å². The van der Waals surface area contributed by atoms with E-state index in [0.717, 1.165) is 17.7 Å². The zero-order valence-corrected chi connectivity index (χ0v) is 8.29. The average molecular weight is 192 g/mol. The van der Waals surface area contributed by atoms with Crippen molar-refractivity contribution >= 4 is 5.97 Å². The highest BCUT2D eigenvalue weighted by Crippen LogP contribution is 2.31. The third-order valence-corrected chi connectivity index (χ3v) is 2.51. The molecule has 0 atom stereocenters. The molecule has 1 aliphatic rings. The summed E-state index contributed by atoms with van der Waals surface area (Å²) in [5, 5.41) is 0. The van der Waals surface area contributed by atoms with Crippen molar-refractivity contribution in [2.45, 2.75) is 13.3 Å². The second kappa shape index (κ2) is 3.33. The summed E-state index contributed by atoms with van der Waals surface area (Å²) in [5.74, 6) is 0.550. The van der Waals surface area contributed by atoms with Crippen LogP contribution in [-0.2, 0) is 11.2 Å². The van der Waals surface area contributed by atoms with Gasteiger partial charge in [0.1, 0.15) is 5.75 Å². The van der Waals surface area contributed by atoms with Gasteiger partial charge in [0, 0.05) is 12.0 Å². The van der Waals surface area contributed by atoms with E-state index in [1.807, 2.05) is 13.0 Å². The zero-order valence-electron chi connectivity index (χ0n) is 8.29. The number of esters is 1. The van der Waals surface area contributed by atoms with Crippen molar-refractivity contribution in [1.82, 2.24) is 0 Å². The molecule has 0 spiro atoms. The lowest BCUT2D eigenvalue weighted by Gasteiger charge is -2.08. The van der Waals surface area contributed by atoms with Gasteiger partial charge in [-0.1, -0.05) is 6.07 Å². The number of ether oxygens (including phenoxy) is 2. The number of rotatable bonds is 1. The second-order valence-electron chi connectivity index (χ2n) is 3.32. The highest BCUT2D eigenvalue weighted by Gasteiger charge is 2.19. The molecule has 0 aromatic heterocycles. The van der Waals surface area contributed by atoms with Crippen molar-refractivity contribution in [3.8, 4) is 5.75 Å². The molecular weight excluding hydrogens is 180 g/mol. The highest BCUT2D eigenvalue weighted by atomic mass is 16.5. The molecule has 1 aromatic rings. The van der Waals surface area contributed by atoms with Gasteiger partial charge < -0.3 is 9.47 Å². The largest absolute Gasteiger partial charge is 0.493 e. The summed E-state index contributed by atoms with van der Waals surface area (Å²) in [6.45, 7) is 2.59. The first-order valence-electron chi connectivity index (χ1n) is 4.57. The molecule has 0 unspecified atom stereocenters. The van der Waals surface area contributed by atoms with Crippen LogP contribution in [0.3, 0.4) is 0 Å². The standard InChI is InChI=1S/C11H12O3/c1-7-9(11(12)13-2)4-3-8-5-6-14-10(7)8/h3-4H,5-6H2,1-2H3. The van der Waals surface area contributed by atoms with Crippen LogP contribution in [0.15, 0.2) is 12.1 Å². The van der Waals surface area contributed by atoms with Crippen molar-refractivity contribution in [3.63, 3.8) is 0 Å².